The molecule has 2 saturated carbocycles. The number of amides is 1. The van der Waals surface area contributed by atoms with Crippen LogP contribution >= 0.6 is 0 Å². The number of aromatic carboxylic acids is 1. The van der Waals surface area contributed by atoms with Crippen LogP contribution in [0.4, 0.5) is 0 Å². The van der Waals surface area contributed by atoms with Crippen molar-refractivity contribution in [3.8, 4) is 0 Å². The highest BCUT2D eigenvalue weighted by Gasteiger charge is 2.72. The van der Waals surface area contributed by atoms with E-state index < -0.39 is 27.3 Å². The van der Waals surface area contributed by atoms with Crippen molar-refractivity contribution in [1.29, 1.82) is 0 Å². The summed E-state index contributed by atoms with van der Waals surface area (Å²) >= 11 is 0. The lowest BCUT2D eigenvalue weighted by Crippen LogP contribution is -2.44. The Morgan fingerprint density at radius 2 is 1.84 bits per heavy atom. The molecule has 1 spiro atoms. The maximum absolute atomic E-state index is 13.1. The first-order chi connectivity index (χ1) is 11.6. The van der Waals surface area contributed by atoms with Gasteiger partial charge in [-0.2, -0.15) is 0 Å². The number of hydrogen-bond donors (Lipinski definition) is 1. The first-order valence-corrected chi connectivity index (χ1v) is 10.1. The number of sulfonamides is 1. The molecule has 1 heterocycles. The molecule has 3 aliphatic rings. The normalized spacial score (nSPS) is 34.1. The molecule has 0 radical (unpaired) electrons. The zero-order valence-corrected chi connectivity index (χ0v) is 15.0. The van der Waals surface area contributed by atoms with Gasteiger partial charge in [0, 0.05) is 5.41 Å². The monoisotopic (exact) mass is 363 g/mol. The summed E-state index contributed by atoms with van der Waals surface area (Å²) in [7, 11) is -3.76. The van der Waals surface area contributed by atoms with Gasteiger partial charge in [0.2, 0.25) is 10.0 Å². The number of carboxylic acid groups (broad SMARTS) is 1. The number of fused-ring (bicyclic) bond motifs is 1. The Kier molecular flexibility index (Phi) is 3.21. The summed E-state index contributed by atoms with van der Waals surface area (Å²) in [5.74, 6) is -1.56. The lowest BCUT2D eigenvalue weighted by molar-refractivity contribution is 0.0658. The number of carboxylic acids is 1. The Bertz CT molecular complexity index is 890. The van der Waals surface area contributed by atoms with Gasteiger partial charge in [0.1, 0.15) is 0 Å². The van der Waals surface area contributed by atoms with Crippen LogP contribution in [0.25, 0.3) is 0 Å². The second-order valence-corrected chi connectivity index (χ2v) is 9.92. The van der Waals surface area contributed by atoms with E-state index in [-0.39, 0.29) is 28.3 Å². The van der Waals surface area contributed by atoms with E-state index in [0.717, 1.165) is 17.1 Å². The highest BCUT2D eigenvalue weighted by molar-refractivity contribution is 7.90. The first kappa shape index (κ1) is 16.6. The van der Waals surface area contributed by atoms with Gasteiger partial charge in [0.05, 0.1) is 22.9 Å². The molecule has 25 heavy (non-hydrogen) atoms. The van der Waals surface area contributed by atoms with Crippen LogP contribution in [0, 0.1) is 16.7 Å². The number of hydrogen-bond acceptors (Lipinski definition) is 4. The van der Waals surface area contributed by atoms with Crippen LogP contribution in [-0.2, 0) is 10.0 Å². The zero-order valence-electron chi connectivity index (χ0n) is 14.2. The molecule has 1 amide bonds. The van der Waals surface area contributed by atoms with Crippen LogP contribution in [0.2, 0.25) is 0 Å². The number of benzene rings is 1. The lowest BCUT2D eigenvalue weighted by Gasteiger charge is -2.37. The van der Waals surface area contributed by atoms with Gasteiger partial charge in [-0.25, -0.2) is 17.5 Å². The fourth-order valence-corrected chi connectivity index (χ4v) is 8.06. The van der Waals surface area contributed by atoms with Crippen molar-refractivity contribution in [1.82, 2.24) is 4.31 Å². The summed E-state index contributed by atoms with van der Waals surface area (Å²) in [6, 6.07) is 5.45. The summed E-state index contributed by atoms with van der Waals surface area (Å²) in [4.78, 5) is 24.5. The molecule has 2 aliphatic carbocycles. The van der Waals surface area contributed by atoms with Gasteiger partial charge in [-0.05, 0) is 42.7 Å². The molecule has 1 aromatic carbocycles. The highest BCUT2D eigenvalue weighted by atomic mass is 32.2. The van der Waals surface area contributed by atoms with E-state index in [2.05, 4.69) is 13.8 Å². The Hall–Kier alpha value is -1.89. The Balaban J connectivity index is 1.82. The minimum absolute atomic E-state index is 0.0187. The topological polar surface area (TPSA) is 91.8 Å². The van der Waals surface area contributed by atoms with E-state index >= 15 is 0 Å². The van der Waals surface area contributed by atoms with Gasteiger partial charge in [-0.15, -0.1) is 0 Å². The minimum atomic E-state index is -3.76. The number of rotatable bonds is 2. The largest absolute Gasteiger partial charge is 0.478 e. The van der Waals surface area contributed by atoms with Crippen LogP contribution in [0.3, 0.4) is 0 Å². The van der Waals surface area contributed by atoms with Gasteiger partial charge in [-0.1, -0.05) is 26.0 Å². The van der Waals surface area contributed by atoms with E-state index in [9.17, 15) is 23.1 Å². The molecular formula is C18H21NO5S. The number of nitrogens with zero attached hydrogens (tertiary/aromatic N) is 1. The summed E-state index contributed by atoms with van der Waals surface area (Å²) in [5, 5.41) is 9.34. The maximum Gasteiger partial charge on any atom is 0.336 e. The van der Waals surface area contributed by atoms with Gasteiger partial charge in [-0.3, -0.25) is 4.79 Å². The molecular weight excluding hydrogens is 342 g/mol. The molecule has 3 fully saturated rings. The molecule has 1 saturated heterocycles. The quantitative estimate of drug-likeness (QED) is 0.871. The SMILES string of the molecule is CC1(C)[C@@H]2CC[C@@]13CS(=O)(=O)N(C(=O)c1ccccc1C(=O)O)[C@H]3C2. The molecule has 7 heteroatoms. The second kappa shape index (κ2) is 4.84. The fourth-order valence-electron chi connectivity index (χ4n) is 5.53. The third-order valence-electron chi connectivity index (χ3n) is 7.00. The van der Waals surface area contributed by atoms with Gasteiger partial charge < -0.3 is 5.11 Å². The lowest BCUT2D eigenvalue weighted by atomic mass is 9.69. The van der Waals surface area contributed by atoms with Gasteiger partial charge in [0.25, 0.3) is 5.91 Å². The molecule has 3 atom stereocenters. The Morgan fingerprint density at radius 1 is 1.20 bits per heavy atom. The second-order valence-electron chi connectivity index (χ2n) is 8.07. The molecule has 0 unspecified atom stereocenters. The smallest absolute Gasteiger partial charge is 0.336 e. The predicted molar refractivity (Wildman–Crippen MR) is 90.7 cm³/mol. The summed E-state index contributed by atoms with van der Waals surface area (Å²) in [6.07, 6.45) is 2.47. The van der Waals surface area contributed by atoms with E-state index in [0.29, 0.717) is 12.3 Å². The molecule has 4 rings (SSSR count). The molecule has 1 aromatic rings. The van der Waals surface area contributed by atoms with Crippen molar-refractivity contribution in [2.75, 3.05) is 5.75 Å². The third kappa shape index (κ3) is 1.93. The Morgan fingerprint density at radius 3 is 2.44 bits per heavy atom. The summed E-state index contributed by atoms with van der Waals surface area (Å²) in [5.41, 5.74) is -0.765. The van der Waals surface area contributed by atoms with Crippen molar-refractivity contribution < 1.29 is 23.1 Å². The highest BCUT2D eigenvalue weighted by Crippen LogP contribution is 2.70. The maximum atomic E-state index is 13.1. The van der Waals surface area contributed by atoms with Crippen molar-refractivity contribution in [3.63, 3.8) is 0 Å². The molecule has 1 N–H and O–H groups in total. The average Bonchev–Trinajstić information content (AvgIpc) is 3.01. The number of carbonyl (C=O) groups is 2. The van der Waals surface area contributed by atoms with E-state index in [1.165, 1.54) is 18.2 Å². The van der Waals surface area contributed by atoms with Crippen LogP contribution in [-0.4, -0.2) is 41.5 Å². The molecule has 134 valence electrons. The van der Waals surface area contributed by atoms with Crippen LogP contribution < -0.4 is 0 Å². The minimum Gasteiger partial charge on any atom is -0.478 e. The van der Waals surface area contributed by atoms with E-state index in [1.54, 1.807) is 6.07 Å². The van der Waals surface area contributed by atoms with E-state index in [1.807, 2.05) is 0 Å². The van der Waals surface area contributed by atoms with Crippen molar-refractivity contribution in [2.45, 2.75) is 39.2 Å². The Labute approximate surface area is 146 Å². The first-order valence-electron chi connectivity index (χ1n) is 8.50. The average molecular weight is 363 g/mol. The standard InChI is InChI=1S/C18H21NO5S/c1-17(2)11-7-8-18(17)10-25(23,24)19(14(18)9-11)15(20)12-5-3-4-6-13(12)16(21)22/h3-6,11,14H,7-10H2,1-2H3,(H,21,22)/t11-,14+,18+/m1/s1. The molecule has 1 aliphatic heterocycles. The molecule has 0 aromatic heterocycles. The zero-order chi connectivity index (χ0) is 18.2. The fraction of sp³-hybridized carbons (Fsp3) is 0.556. The molecule has 6 nitrogen and oxygen atoms in total. The van der Waals surface area contributed by atoms with Gasteiger partial charge in [0.15, 0.2) is 0 Å². The van der Waals surface area contributed by atoms with Gasteiger partial charge >= 0.3 is 5.97 Å². The van der Waals surface area contributed by atoms with E-state index in [4.69, 9.17) is 0 Å². The summed E-state index contributed by atoms with van der Waals surface area (Å²) in [6.45, 7) is 4.22. The van der Waals surface area contributed by atoms with Crippen LogP contribution in [0.1, 0.15) is 53.8 Å². The van der Waals surface area contributed by atoms with Crippen molar-refractivity contribution >= 4 is 21.9 Å². The van der Waals surface area contributed by atoms with Crippen LogP contribution in [0.15, 0.2) is 24.3 Å². The summed E-state index contributed by atoms with van der Waals surface area (Å²) < 4.78 is 26.8. The number of carbonyl (C=O) groups excluding carboxylic acids is 1. The van der Waals surface area contributed by atoms with Crippen LogP contribution in [0.5, 0.6) is 0 Å². The molecule has 2 bridgehead atoms. The van der Waals surface area contributed by atoms with Crippen molar-refractivity contribution in [2.24, 2.45) is 16.7 Å². The third-order valence-corrected chi connectivity index (χ3v) is 8.90. The van der Waals surface area contributed by atoms with Crippen molar-refractivity contribution in [3.05, 3.63) is 35.4 Å². The predicted octanol–water partition coefficient (Wildman–Crippen LogP) is 2.37.